The molecule has 0 aliphatic rings. The summed E-state index contributed by atoms with van der Waals surface area (Å²) in [5.74, 6) is -0.163. The molecule has 0 saturated carbocycles. The third-order valence-corrected chi connectivity index (χ3v) is 4.32. The van der Waals surface area contributed by atoms with Gasteiger partial charge in [-0.25, -0.2) is 5.10 Å². The maximum Gasteiger partial charge on any atom is 0.272 e. The number of hydrogen-bond donors (Lipinski definition) is 2. The van der Waals surface area contributed by atoms with Crippen LogP contribution in [-0.2, 0) is 7.05 Å². The van der Waals surface area contributed by atoms with E-state index in [1.165, 1.54) is 0 Å². The van der Waals surface area contributed by atoms with Crippen LogP contribution in [0, 0.1) is 6.92 Å². The smallest absolute Gasteiger partial charge is 0.272 e. The molecule has 7 nitrogen and oxygen atoms in total. The quantitative estimate of drug-likeness (QED) is 0.738. The van der Waals surface area contributed by atoms with Crippen molar-refractivity contribution in [3.63, 3.8) is 0 Å². The molecule has 0 unspecified atom stereocenters. The molecule has 134 valence electrons. The van der Waals surface area contributed by atoms with Gasteiger partial charge in [-0.3, -0.25) is 14.3 Å². The summed E-state index contributed by atoms with van der Waals surface area (Å²) in [5.41, 5.74) is 3.24. The van der Waals surface area contributed by atoms with Crippen LogP contribution >= 0.6 is 0 Å². The first-order valence-corrected chi connectivity index (χ1v) is 8.45. The Morgan fingerprint density at radius 1 is 1.27 bits per heavy atom. The molecule has 0 fully saturated rings. The lowest BCUT2D eigenvalue weighted by Crippen LogP contribution is -2.29. The van der Waals surface area contributed by atoms with Gasteiger partial charge in [0.2, 0.25) is 0 Å². The van der Waals surface area contributed by atoms with Gasteiger partial charge in [-0.15, -0.1) is 0 Å². The number of nitrogens with zero attached hydrogens (tertiary/aromatic N) is 3. The van der Waals surface area contributed by atoms with E-state index in [4.69, 9.17) is 0 Å². The Kier molecular flexibility index (Phi) is 4.97. The van der Waals surface area contributed by atoms with Gasteiger partial charge in [-0.05, 0) is 43.2 Å². The van der Waals surface area contributed by atoms with Crippen molar-refractivity contribution in [2.24, 2.45) is 7.05 Å². The molecule has 0 saturated heterocycles. The number of rotatable bonds is 5. The van der Waals surface area contributed by atoms with Crippen LogP contribution in [0.3, 0.4) is 0 Å². The number of nitrogens with one attached hydrogen (secondary N) is 2. The van der Waals surface area contributed by atoms with E-state index in [9.17, 15) is 9.59 Å². The highest BCUT2D eigenvalue weighted by Crippen LogP contribution is 2.19. The molecule has 0 aliphatic carbocycles. The largest absolute Gasteiger partial charge is 0.344 e. The van der Waals surface area contributed by atoms with Crippen LogP contribution < -0.4 is 10.9 Å². The monoisotopic (exact) mass is 351 g/mol. The highest BCUT2D eigenvalue weighted by Gasteiger charge is 2.17. The molecular weight excluding hydrogens is 330 g/mol. The van der Waals surface area contributed by atoms with Crippen molar-refractivity contribution in [1.29, 1.82) is 0 Å². The van der Waals surface area contributed by atoms with Crippen molar-refractivity contribution in [1.82, 2.24) is 25.3 Å². The number of aromatic amines is 1. The van der Waals surface area contributed by atoms with Crippen LogP contribution in [-0.4, -0.2) is 25.9 Å². The lowest BCUT2D eigenvalue weighted by molar-refractivity contribution is 0.0934. The lowest BCUT2D eigenvalue weighted by Gasteiger charge is -2.17. The first kappa shape index (κ1) is 17.6. The minimum Gasteiger partial charge on any atom is -0.344 e. The second-order valence-corrected chi connectivity index (χ2v) is 6.14. The Bertz CT molecular complexity index is 972. The van der Waals surface area contributed by atoms with Gasteiger partial charge in [-0.1, -0.05) is 19.1 Å². The van der Waals surface area contributed by atoms with Crippen molar-refractivity contribution in [3.05, 3.63) is 69.9 Å². The highest BCUT2D eigenvalue weighted by atomic mass is 16.1. The van der Waals surface area contributed by atoms with Crippen LogP contribution in [0.1, 0.15) is 41.1 Å². The maximum absolute atomic E-state index is 12.6. The Labute approximate surface area is 151 Å². The highest BCUT2D eigenvalue weighted by molar-refractivity contribution is 5.94. The van der Waals surface area contributed by atoms with Crippen molar-refractivity contribution < 1.29 is 4.79 Å². The minimum atomic E-state index is -0.255. The number of aromatic nitrogens is 4. The molecule has 26 heavy (non-hydrogen) atoms. The average Bonchev–Trinajstić information content (AvgIpc) is 3.07. The number of benzene rings is 1. The van der Waals surface area contributed by atoms with Gasteiger partial charge in [0, 0.05) is 18.8 Å². The molecule has 1 aromatic carbocycles. The van der Waals surface area contributed by atoms with E-state index in [-0.39, 0.29) is 17.5 Å². The molecule has 2 N–H and O–H groups in total. The Balaban J connectivity index is 1.80. The molecule has 0 bridgehead atoms. The van der Waals surface area contributed by atoms with Crippen LogP contribution in [0.25, 0.3) is 11.1 Å². The predicted octanol–water partition coefficient (Wildman–Crippen LogP) is 2.36. The van der Waals surface area contributed by atoms with E-state index < -0.39 is 0 Å². The fourth-order valence-corrected chi connectivity index (χ4v) is 2.87. The van der Waals surface area contributed by atoms with Crippen LogP contribution in [0.15, 0.2) is 47.4 Å². The Morgan fingerprint density at radius 3 is 2.62 bits per heavy atom. The molecule has 1 atom stereocenters. The number of aryl methyl sites for hydroxylation is 2. The third-order valence-electron chi connectivity index (χ3n) is 4.32. The van der Waals surface area contributed by atoms with E-state index in [1.54, 1.807) is 41.2 Å². The van der Waals surface area contributed by atoms with E-state index >= 15 is 0 Å². The summed E-state index contributed by atoms with van der Waals surface area (Å²) in [6.07, 6.45) is 2.47. The minimum absolute atomic E-state index is 0.111. The molecule has 0 aliphatic heterocycles. The normalized spacial score (nSPS) is 12.0. The Morgan fingerprint density at radius 2 is 2.00 bits per heavy atom. The molecule has 7 heteroatoms. The van der Waals surface area contributed by atoms with E-state index in [1.807, 2.05) is 27.0 Å². The molecular formula is C19H21N5O2. The maximum atomic E-state index is 12.6. The first-order valence-electron chi connectivity index (χ1n) is 8.45. The average molecular weight is 351 g/mol. The predicted molar refractivity (Wildman–Crippen MR) is 98.7 cm³/mol. The van der Waals surface area contributed by atoms with Crippen molar-refractivity contribution in [2.75, 3.05) is 0 Å². The van der Waals surface area contributed by atoms with Crippen molar-refractivity contribution in [2.45, 2.75) is 26.3 Å². The van der Waals surface area contributed by atoms with E-state index in [2.05, 4.69) is 20.6 Å². The molecule has 3 aromatic rings. The SMILES string of the molecule is CC[C@@H](NC(=O)c1ccc(-c2cc(C)n[nH]c2=O)cc1)c1ccnn1C. The summed E-state index contributed by atoms with van der Waals surface area (Å²) in [5, 5.41) is 13.5. The van der Waals surface area contributed by atoms with Gasteiger partial charge in [0.25, 0.3) is 11.5 Å². The van der Waals surface area contributed by atoms with Crippen LogP contribution in [0.5, 0.6) is 0 Å². The third kappa shape index (κ3) is 3.56. The summed E-state index contributed by atoms with van der Waals surface area (Å²) in [6, 6.07) is 10.5. The number of hydrogen-bond acceptors (Lipinski definition) is 4. The number of carbonyl (C=O) groups is 1. The fourth-order valence-electron chi connectivity index (χ4n) is 2.87. The number of H-pyrrole nitrogens is 1. The zero-order valence-corrected chi connectivity index (χ0v) is 15.0. The van der Waals surface area contributed by atoms with E-state index in [0.717, 1.165) is 23.4 Å². The summed E-state index contributed by atoms with van der Waals surface area (Å²) < 4.78 is 1.76. The lowest BCUT2D eigenvalue weighted by atomic mass is 10.0. The van der Waals surface area contributed by atoms with Crippen molar-refractivity contribution >= 4 is 5.91 Å². The van der Waals surface area contributed by atoms with E-state index in [0.29, 0.717) is 11.1 Å². The number of amides is 1. The zero-order chi connectivity index (χ0) is 18.7. The van der Waals surface area contributed by atoms with Gasteiger partial charge < -0.3 is 5.32 Å². The zero-order valence-electron chi connectivity index (χ0n) is 15.0. The standard InChI is InChI=1S/C19H21N5O2/c1-4-16(17-9-10-20-24(17)3)21-18(25)14-7-5-13(6-8-14)15-11-12(2)22-23-19(15)26/h5-11,16H,4H2,1-3H3,(H,21,25)(H,23,26)/t16-/m1/s1. The van der Waals surface area contributed by atoms with Gasteiger partial charge >= 0.3 is 0 Å². The summed E-state index contributed by atoms with van der Waals surface area (Å²) in [4.78, 5) is 24.5. The molecule has 2 aromatic heterocycles. The van der Waals surface area contributed by atoms with Crippen LogP contribution in [0.4, 0.5) is 0 Å². The molecule has 2 heterocycles. The molecule has 0 radical (unpaired) electrons. The van der Waals surface area contributed by atoms with Gasteiger partial charge in [0.05, 0.1) is 23.0 Å². The summed E-state index contributed by atoms with van der Waals surface area (Å²) in [6.45, 7) is 3.82. The topological polar surface area (TPSA) is 92.7 Å². The summed E-state index contributed by atoms with van der Waals surface area (Å²) >= 11 is 0. The first-order chi connectivity index (χ1) is 12.5. The summed E-state index contributed by atoms with van der Waals surface area (Å²) in [7, 11) is 1.85. The van der Waals surface area contributed by atoms with Crippen LogP contribution in [0.2, 0.25) is 0 Å². The van der Waals surface area contributed by atoms with Gasteiger partial charge in [0.1, 0.15) is 0 Å². The molecule has 3 rings (SSSR count). The van der Waals surface area contributed by atoms with Gasteiger partial charge in [-0.2, -0.15) is 10.2 Å². The van der Waals surface area contributed by atoms with Crippen molar-refractivity contribution in [3.8, 4) is 11.1 Å². The molecule has 0 spiro atoms. The van der Waals surface area contributed by atoms with Gasteiger partial charge in [0.15, 0.2) is 0 Å². The second-order valence-electron chi connectivity index (χ2n) is 6.14. The Hall–Kier alpha value is -3.22. The molecule has 1 amide bonds. The second kappa shape index (κ2) is 7.35. The number of carbonyl (C=O) groups excluding carboxylic acids is 1. The fraction of sp³-hybridized carbons (Fsp3) is 0.263.